The summed E-state index contributed by atoms with van der Waals surface area (Å²) in [5.41, 5.74) is 1.98. The maximum atomic E-state index is 7.41. The van der Waals surface area contributed by atoms with E-state index in [-0.39, 0.29) is 0 Å². The third-order valence-electron chi connectivity index (χ3n) is 1.50. The van der Waals surface area contributed by atoms with Crippen LogP contribution in [0, 0.1) is 5.41 Å². The molecule has 1 rings (SSSR count). The van der Waals surface area contributed by atoms with E-state index in [1.54, 1.807) is 6.92 Å². The molecule has 0 fully saturated rings. The molecule has 0 aliphatic heterocycles. The van der Waals surface area contributed by atoms with Gasteiger partial charge in [-0.2, -0.15) is 0 Å². The van der Waals surface area contributed by atoms with Crippen LogP contribution in [0.2, 0.25) is 0 Å². The van der Waals surface area contributed by atoms with E-state index in [1.807, 2.05) is 30.3 Å². The van der Waals surface area contributed by atoms with Crippen molar-refractivity contribution in [2.45, 2.75) is 6.92 Å². The minimum absolute atomic E-state index is 0.427. The highest BCUT2D eigenvalue weighted by Gasteiger charge is 2.03. The van der Waals surface area contributed by atoms with Gasteiger partial charge in [0.05, 0.1) is 11.4 Å². The molecule has 0 bridgehead atoms. The summed E-state index contributed by atoms with van der Waals surface area (Å²) in [6, 6.07) is 9.58. The van der Waals surface area contributed by atoms with Gasteiger partial charge < -0.3 is 5.41 Å². The van der Waals surface area contributed by atoms with Gasteiger partial charge in [0.1, 0.15) is 0 Å². The van der Waals surface area contributed by atoms with Gasteiger partial charge in [-0.15, -0.1) is 0 Å². The van der Waals surface area contributed by atoms with Gasteiger partial charge in [0.25, 0.3) is 0 Å². The first kappa shape index (κ1) is 9.00. The van der Waals surface area contributed by atoms with Crippen LogP contribution in [0.5, 0.6) is 0 Å². The first-order chi connectivity index (χ1) is 5.75. The van der Waals surface area contributed by atoms with E-state index in [1.165, 1.54) is 0 Å². The Morgan fingerprint density at radius 3 is 2.33 bits per heavy atom. The molecule has 1 aromatic carbocycles. The van der Waals surface area contributed by atoms with Crippen molar-refractivity contribution in [3.8, 4) is 0 Å². The molecule has 0 amide bonds. The van der Waals surface area contributed by atoms with Crippen molar-refractivity contribution < 1.29 is 0 Å². The van der Waals surface area contributed by atoms with Crippen LogP contribution in [0.3, 0.4) is 0 Å². The van der Waals surface area contributed by atoms with Crippen molar-refractivity contribution in [3.63, 3.8) is 0 Å². The molecule has 2 nitrogen and oxygen atoms in total. The zero-order chi connectivity index (χ0) is 8.97. The molecule has 1 N–H and O–H groups in total. The van der Waals surface area contributed by atoms with Crippen LogP contribution in [0.1, 0.15) is 12.5 Å². The topological polar surface area (TPSA) is 36.2 Å². The molecule has 1 aromatic rings. The molecule has 0 aliphatic carbocycles. The van der Waals surface area contributed by atoms with Gasteiger partial charge in [-0.3, -0.25) is 0 Å². The van der Waals surface area contributed by atoms with Gasteiger partial charge in [-0.25, -0.2) is 4.40 Å². The lowest BCUT2D eigenvalue weighted by molar-refractivity contribution is 1.50. The molecule has 0 unspecified atom stereocenters. The Morgan fingerprint density at radius 1 is 1.33 bits per heavy atom. The van der Waals surface area contributed by atoms with Crippen LogP contribution >= 0.6 is 12.8 Å². The van der Waals surface area contributed by atoms with E-state index < -0.39 is 0 Å². The van der Waals surface area contributed by atoms with E-state index in [0.29, 0.717) is 11.4 Å². The molecule has 0 saturated heterocycles. The van der Waals surface area contributed by atoms with Crippen LogP contribution in [0.25, 0.3) is 0 Å². The minimum atomic E-state index is 0.427. The smallest absolute Gasteiger partial charge is 0.0986 e. The fraction of sp³-hybridized carbons (Fsp3) is 0.111. The molecular weight excluding hydrogens is 168 g/mol. The highest BCUT2D eigenvalue weighted by Crippen LogP contribution is 2.03. The third kappa shape index (κ3) is 1.95. The summed E-state index contributed by atoms with van der Waals surface area (Å²) in [7, 11) is 0. The molecule has 0 radical (unpaired) electrons. The lowest BCUT2D eigenvalue weighted by atomic mass is 10.1. The van der Waals surface area contributed by atoms with Crippen molar-refractivity contribution in [2.24, 2.45) is 4.40 Å². The second-order valence-corrected chi connectivity index (χ2v) is 2.64. The SMILES string of the molecule is CC(=N)/C(=N\S)c1ccccc1. The highest BCUT2D eigenvalue weighted by molar-refractivity contribution is 7.79. The number of benzene rings is 1. The van der Waals surface area contributed by atoms with Crippen LogP contribution in [0.15, 0.2) is 34.7 Å². The molecule has 0 heterocycles. The Bertz CT molecular complexity index is 304. The molecule has 0 aliphatic rings. The van der Waals surface area contributed by atoms with E-state index in [2.05, 4.69) is 17.2 Å². The monoisotopic (exact) mass is 178 g/mol. The Morgan fingerprint density at radius 2 is 1.92 bits per heavy atom. The standard InChI is InChI=1S/C9H10N2S/c1-7(10)9(11-12)8-5-3-2-4-6-8/h2-6,10,12H,1H3/b10-7?,11-9+. The summed E-state index contributed by atoms with van der Waals surface area (Å²) in [6.07, 6.45) is 0. The van der Waals surface area contributed by atoms with Crippen molar-refractivity contribution in [2.75, 3.05) is 0 Å². The molecule has 62 valence electrons. The van der Waals surface area contributed by atoms with Gasteiger partial charge >= 0.3 is 0 Å². The van der Waals surface area contributed by atoms with Crippen LogP contribution in [-0.4, -0.2) is 11.4 Å². The van der Waals surface area contributed by atoms with E-state index >= 15 is 0 Å². The lowest BCUT2D eigenvalue weighted by Gasteiger charge is -2.01. The normalized spacial score (nSPS) is 11.3. The first-order valence-corrected chi connectivity index (χ1v) is 3.98. The number of nitrogens with zero attached hydrogens (tertiary/aromatic N) is 1. The molecular formula is C9H10N2S. The zero-order valence-electron chi connectivity index (χ0n) is 6.78. The highest BCUT2D eigenvalue weighted by atomic mass is 32.1. The van der Waals surface area contributed by atoms with Crippen LogP contribution < -0.4 is 0 Å². The fourth-order valence-electron chi connectivity index (χ4n) is 0.945. The van der Waals surface area contributed by atoms with Crippen molar-refractivity contribution in [3.05, 3.63) is 35.9 Å². The van der Waals surface area contributed by atoms with Crippen molar-refractivity contribution in [1.29, 1.82) is 5.41 Å². The first-order valence-electron chi connectivity index (χ1n) is 3.58. The van der Waals surface area contributed by atoms with Crippen molar-refractivity contribution >= 4 is 24.2 Å². The second-order valence-electron chi connectivity index (χ2n) is 2.44. The predicted molar refractivity (Wildman–Crippen MR) is 55.4 cm³/mol. The molecule has 0 spiro atoms. The quantitative estimate of drug-likeness (QED) is 0.515. The minimum Gasteiger partial charge on any atom is -0.303 e. The Labute approximate surface area is 77.4 Å². The van der Waals surface area contributed by atoms with Crippen LogP contribution in [-0.2, 0) is 0 Å². The Hall–Kier alpha value is -1.09. The number of hydrogen-bond donors (Lipinski definition) is 2. The largest absolute Gasteiger partial charge is 0.303 e. The number of hydrogen-bond acceptors (Lipinski definition) is 3. The summed E-state index contributed by atoms with van der Waals surface area (Å²) in [6.45, 7) is 1.70. The third-order valence-corrected chi connectivity index (χ3v) is 1.70. The van der Waals surface area contributed by atoms with Gasteiger partial charge in [0.2, 0.25) is 0 Å². The van der Waals surface area contributed by atoms with Gasteiger partial charge in [0.15, 0.2) is 0 Å². The van der Waals surface area contributed by atoms with E-state index in [4.69, 9.17) is 5.41 Å². The van der Waals surface area contributed by atoms with Crippen LogP contribution in [0.4, 0.5) is 0 Å². The maximum Gasteiger partial charge on any atom is 0.0986 e. The summed E-state index contributed by atoms with van der Waals surface area (Å²) in [4.78, 5) is 0. The number of thiol groups is 1. The number of rotatable bonds is 2. The Kier molecular flexibility index (Phi) is 3.05. The summed E-state index contributed by atoms with van der Waals surface area (Å²) >= 11 is 3.81. The molecule has 0 saturated carbocycles. The predicted octanol–water partition coefficient (Wildman–Crippen LogP) is 2.36. The Balaban J connectivity index is 3.05. The average molecular weight is 178 g/mol. The fourth-order valence-corrected chi connectivity index (χ4v) is 1.21. The molecule has 3 heteroatoms. The second kappa shape index (κ2) is 4.07. The average Bonchev–Trinajstić information content (AvgIpc) is 2.07. The zero-order valence-corrected chi connectivity index (χ0v) is 7.68. The molecule has 0 atom stereocenters. The lowest BCUT2D eigenvalue weighted by Crippen LogP contribution is -2.09. The van der Waals surface area contributed by atoms with Gasteiger partial charge in [-0.05, 0) is 19.7 Å². The molecule has 0 aromatic heterocycles. The van der Waals surface area contributed by atoms with Gasteiger partial charge in [0, 0.05) is 5.56 Å². The van der Waals surface area contributed by atoms with Gasteiger partial charge in [-0.1, -0.05) is 30.3 Å². The van der Waals surface area contributed by atoms with E-state index in [9.17, 15) is 0 Å². The maximum absolute atomic E-state index is 7.41. The summed E-state index contributed by atoms with van der Waals surface area (Å²) in [5.74, 6) is 0. The van der Waals surface area contributed by atoms with E-state index in [0.717, 1.165) is 5.56 Å². The summed E-state index contributed by atoms with van der Waals surface area (Å²) in [5, 5.41) is 7.41. The molecule has 12 heavy (non-hydrogen) atoms. The summed E-state index contributed by atoms with van der Waals surface area (Å²) < 4.78 is 3.74. The number of nitrogens with one attached hydrogen (secondary N) is 1. The van der Waals surface area contributed by atoms with Crippen molar-refractivity contribution in [1.82, 2.24) is 0 Å².